The fraction of sp³-hybridized carbons (Fsp3) is 0.222. The minimum atomic E-state index is -0.288. The van der Waals surface area contributed by atoms with Crippen LogP contribution in [0.15, 0.2) is 42.5 Å². The quantitative estimate of drug-likeness (QED) is 0.644. The smallest absolute Gasteiger partial charge is 0.310 e. The fourth-order valence-corrected chi connectivity index (χ4v) is 3.93. The third kappa shape index (κ3) is 3.45. The SMILES string of the molecule is O=C(Cc1ccccc1Cl)OC1CN(c2nc3ccc(F)cc3s2)C1. The molecule has 1 saturated heterocycles. The molecule has 0 atom stereocenters. The zero-order valence-electron chi connectivity index (χ0n) is 13.1. The van der Waals surface area contributed by atoms with Gasteiger partial charge in [-0.2, -0.15) is 0 Å². The van der Waals surface area contributed by atoms with Crippen molar-refractivity contribution in [1.29, 1.82) is 0 Å². The highest BCUT2D eigenvalue weighted by Gasteiger charge is 2.32. The van der Waals surface area contributed by atoms with Crippen LogP contribution in [0.25, 0.3) is 10.2 Å². The average Bonchev–Trinajstić information content (AvgIpc) is 2.95. The molecule has 128 valence electrons. The second-order valence-electron chi connectivity index (χ2n) is 5.89. The van der Waals surface area contributed by atoms with Gasteiger partial charge in [0.1, 0.15) is 11.9 Å². The number of rotatable bonds is 4. The van der Waals surface area contributed by atoms with E-state index in [-0.39, 0.29) is 24.3 Å². The third-order valence-corrected chi connectivity index (χ3v) is 5.50. The van der Waals surface area contributed by atoms with Gasteiger partial charge < -0.3 is 9.64 Å². The number of carbonyl (C=O) groups excluding carboxylic acids is 1. The van der Waals surface area contributed by atoms with Crippen LogP contribution >= 0.6 is 22.9 Å². The van der Waals surface area contributed by atoms with Crippen LogP contribution < -0.4 is 4.90 Å². The van der Waals surface area contributed by atoms with Crippen molar-refractivity contribution < 1.29 is 13.9 Å². The van der Waals surface area contributed by atoms with E-state index in [2.05, 4.69) is 4.98 Å². The maximum Gasteiger partial charge on any atom is 0.310 e. The molecule has 0 radical (unpaired) electrons. The first kappa shape index (κ1) is 16.3. The van der Waals surface area contributed by atoms with E-state index in [1.165, 1.54) is 23.5 Å². The molecule has 0 spiro atoms. The molecule has 1 aliphatic rings. The first-order chi connectivity index (χ1) is 12.1. The largest absolute Gasteiger partial charge is 0.458 e. The predicted octanol–water partition coefficient (Wildman–Crippen LogP) is 4.06. The lowest BCUT2D eigenvalue weighted by molar-refractivity contribution is -0.149. The summed E-state index contributed by atoms with van der Waals surface area (Å²) in [5.41, 5.74) is 1.54. The Morgan fingerprint density at radius 1 is 1.32 bits per heavy atom. The number of hydrogen-bond acceptors (Lipinski definition) is 5. The van der Waals surface area contributed by atoms with Gasteiger partial charge >= 0.3 is 5.97 Å². The summed E-state index contributed by atoms with van der Waals surface area (Å²) in [6.45, 7) is 1.19. The van der Waals surface area contributed by atoms with Gasteiger partial charge in [-0.3, -0.25) is 4.79 Å². The van der Waals surface area contributed by atoms with Crippen LogP contribution in [0.5, 0.6) is 0 Å². The van der Waals surface area contributed by atoms with Crippen molar-refractivity contribution in [3.8, 4) is 0 Å². The number of fused-ring (bicyclic) bond motifs is 1. The number of halogens is 2. The van der Waals surface area contributed by atoms with Crippen molar-refractivity contribution in [3.63, 3.8) is 0 Å². The highest BCUT2D eigenvalue weighted by molar-refractivity contribution is 7.22. The predicted molar refractivity (Wildman–Crippen MR) is 96.8 cm³/mol. The number of nitrogens with zero attached hydrogens (tertiary/aromatic N) is 2. The van der Waals surface area contributed by atoms with Gasteiger partial charge in [0.2, 0.25) is 0 Å². The molecule has 0 unspecified atom stereocenters. The van der Waals surface area contributed by atoms with Gasteiger partial charge in [-0.15, -0.1) is 0 Å². The molecule has 2 heterocycles. The van der Waals surface area contributed by atoms with Crippen LogP contribution in [-0.4, -0.2) is 30.1 Å². The number of anilines is 1. The third-order valence-electron chi connectivity index (χ3n) is 4.05. The van der Waals surface area contributed by atoms with E-state index in [0.29, 0.717) is 18.1 Å². The normalized spacial score (nSPS) is 14.6. The molecule has 0 N–H and O–H groups in total. The molecule has 1 fully saturated rings. The number of hydrogen-bond donors (Lipinski definition) is 0. The van der Waals surface area contributed by atoms with Crippen molar-refractivity contribution in [3.05, 3.63) is 58.9 Å². The van der Waals surface area contributed by atoms with Gasteiger partial charge in [0.15, 0.2) is 5.13 Å². The molecule has 7 heteroatoms. The molecule has 25 heavy (non-hydrogen) atoms. The molecule has 1 aliphatic heterocycles. The van der Waals surface area contributed by atoms with Crippen LogP contribution in [0.3, 0.4) is 0 Å². The summed E-state index contributed by atoms with van der Waals surface area (Å²) in [5, 5.41) is 1.38. The lowest BCUT2D eigenvalue weighted by Gasteiger charge is -2.38. The van der Waals surface area contributed by atoms with E-state index in [1.54, 1.807) is 12.1 Å². The average molecular weight is 377 g/mol. The molecule has 0 aliphatic carbocycles. The summed E-state index contributed by atoms with van der Waals surface area (Å²) in [5.74, 6) is -0.554. The molecular weight excluding hydrogens is 363 g/mol. The van der Waals surface area contributed by atoms with E-state index in [0.717, 1.165) is 20.9 Å². The summed E-state index contributed by atoms with van der Waals surface area (Å²) in [7, 11) is 0. The second kappa shape index (κ2) is 6.61. The Bertz CT molecular complexity index is 940. The standard InChI is InChI=1S/C18H14ClFN2O2S/c19-14-4-2-1-3-11(14)7-17(23)24-13-9-22(10-13)18-21-15-6-5-12(20)8-16(15)25-18/h1-6,8,13H,7,9-10H2. The second-order valence-corrected chi connectivity index (χ2v) is 7.31. The Balaban J connectivity index is 1.34. The minimum Gasteiger partial charge on any atom is -0.458 e. The van der Waals surface area contributed by atoms with Crippen LogP contribution in [0.1, 0.15) is 5.56 Å². The topological polar surface area (TPSA) is 42.4 Å². The molecule has 0 amide bonds. The summed E-state index contributed by atoms with van der Waals surface area (Å²) >= 11 is 7.49. The van der Waals surface area contributed by atoms with Crippen molar-refractivity contribution in [2.75, 3.05) is 18.0 Å². The van der Waals surface area contributed by atoms with Gasteiger partial charge in [0.25, 0.3) is 0 Å². The van der Waals surface area contributed by atoms with Crippen molar-refractivity contribution in [1.82, 2.24) is 4.98 Å². The Labute approximate surface area is 152 Å². The Morgan fingerprint density at radius 2 is 2.12 bits per heavy atom. The highest BCUT2D eigenvalue weighted by atomic mass is 35.5. The van der Waals surface area contributed by atoms with Crippen LogP contribution in [-0.2, 0) is 16.0 Å². The van der Waals surface area contributed by atoms with Crippen LogP contribution in [0.4, 0.5) is 9.52 Å². The molecule has 3 aromatic rings. The maximum atomic E-state index is 13.3. The van der Waals surface area contributed by atoms with Gasteiger partial charge in [0, 0.05) is 5.02 Å². The van der Waals surface area contributed by atoms with E-state index < -0.39 is 0 Å². The molecular formula is C18H14ClFN2O2S. The zero-order valence-corrected chi connectivity index (χ0v) is 14.7. The first-order valence-corrected chi connectivity index (χ1v) is 9.02. The number of benzene rings is 2. The highest BCUT2D eigenvalue weighted by Crippen LogP contribution is 2.32. The van der Waals surface area contributed by atoms with Gasteiger partial charge in [-0.05, 0) is 29.8 Å². The Hall–Kier alpha value is -2.18. The van der Waals surface area contributed by atoms with Gasteiger partial charge in [-0.1, -0.05) is 41.1 Å². The lowest BCUT2D eigenvalue weighted by Crippen LogP contribution is -2.53. The monoisotopic (exact) mass is 376 g/mol. The summed E-state index contributed by atoms with van der Waals surface area (Å²) < 4.78 is 19.5. The summed E-state index contributed by atoms with van der Waals surface area (Å²) in [6.07, 6.45) is 0.00933. The zero-order chi connectivity index (χ0) is 17.4. The number of ether oxygens (including phenoxy) is 1. The summed E-state index contributed by atoms with van der Waals surface area (Å²) in [4.78, 5) is 18.5. The number of esters is 1. The number of aromatic nitrogens is 1. The number of thiazole rings is 1. The van der Waals surface area contributed by atoms with E-state index in [1.807, 2.05) is 23.1 Å². The number of carbonyl (C=O) groups is 1. The van der Waals surface area contributed by atoms with Crippen molar-refractivity contribution >= 4 is 44.3 Å². The molecule has 0 saturated carbocycles. The van der Waals surface area contributed by atoms with Crippen LogP contribution in [0.2, 0.25) is 5.02 Å². The van der Waals surface area contributed by atoms with Crippen molar-refractivity contribution in [2.24, 2.45) is 0 Å². The lowest BCUT2D eigenvalue weighted by atomic mass is 10.1. The van der Waals surface area contributed by atoms with E-state index in [9.17, 15) is 9.18 Å². The molecule has 4 nitrogen and oxygen atoms in total. The van der Waals surface area contributed by atoms with Gasteiger partial charge in [0.05, 0.1) is 29.7 Å². The van der Waals surface area contributed by atoms with Crippen LogP contribution in [0, 0.1) is 5.82 Å². The Morgan fingerprint density at radius 3 is 2.92 bits per heavy atom. The maximum absolute atomic E-state index is 13.3. The van der Waals surface area contributed by atoms with E-state index >= 15 is 0 Å². The van der Waals surface area contributed by atoms with Crippen molar-refractivity contribution in [2.45, 2.75) is 12.5 Å². The molecule has 1 aromatic heterocycles. The Kier molecular flexibility index (Phi) is 4.31. The fourth-order valence-electron chi connectivity index (χ4n) is 2.72. The molecule has 2 aromatic carbocycles. The molecule has 0 bridgehead atoms. The van der Waals surface area contributed by atoms with E-state index in [4.69, 9.17) is 16.3 Å². The first-order valence-electron chi connectivity index (χ1n) is 7.82. The minimum absolute atomic E-state index is 0.154. The van der Waals surface area contributed by atoms with Gasteiger partial charge in [-0.25, -0.2) is 9.37 Å². The molecule has 4 rings (SSSR count). The summed E-state index contributed by atoms with van der Waals surface area (Å²) in [6, 6.07) is 11.8.